The molecule has 0 fully saturated rings. The molecule has 0 aliphatic carbocycles. The van der Waals surface area contributed by atoms with E-state index in [1.807, 2.05) is 22.8 Å². The van der Waals surface area contributed by atoms with E-state index in [-0.39, 0.29) is 12.4 Å². The Morgan fingerprint density at radius 1 is 0.941 bits per heavy atom. The molecule has 0 radical (unpaired) electrons. The topological polar surface area (TPSA) is 48.3 Å². The van der Waals surface area contributed by atoms with Crippen molar-refractivity contribution < 1.29 is 27.0 Å². The van der Waals surface area contributed by atoms with Gasteiger partial charge in [-0.05, 0) is 48.0 Å². The minimum Gasteiger partial charge on any atom is -0.497 e. The predicted molar refractivity (Wildman–Crippen MR) is 120 cm³/mol. The van der Waals surface area contributed by atoms with Gasteiger partial charge in [-0.2, -0.15) is 13.2 Å². The molecule has 5 nitrogen and oxygen atoms in total. The molecule has 0 atom stereocenters. The molecule has 4 rings (SSSR count). The van der Waals surface area contributed by atoms with Crippen LogP contribution in [0.4, 0.5) is 17.6 Å². The summed E-state index contributed by atoms with van der Waals surface area (Å²) in [6, 6.07) is 16.6. The molecule has 34 heavy (non-hydrogen) atoms. The SMILES string of the molecule is COc1ccc2c(c1)nc(CNCc1cccc(C(F)(F)F)c1)n2CCOc1ccc(F)cc1. The molecule has 3 aromatic carbocycles. The van der Waals surface area contributed by atoms with Crippen molar-refractivity contribution >= 4 is 11.0 Å². The van der Waals surface area contributed by atoms with Crippen molar-refractivity contribution in [2.75, 3.05) is 13.7 Å². The van der Waals surface area contributed by atoms with E-state index in [9.17, 15) is 17.6 Å². The summed E-state index contributed by atoms with van der Waals surface area (Å²) in [5.74, 6) is 1.59. The Morgan fingerprint density at radius 2 is 1.71 bits per heavy atom. The largest absolute Gasteiger partial charge is 0.497 e. The molecular formula is C25H23F4N3O2. The summed E-state index contributed by atoms with van der Waals surface area (Å²) in [5, 5.41) is 3.18. The van der Waals surface area contributed by atoms with Gasteiger partial charge in [-0.3, -0.25) is 0 Å². The van der Waals surface area contributed by atoms with Gasteiger partial charge in [-0.15, -0.1) is 0 Å². The Bertz CT molecular complexity index is 1250. The first-order valence-corrected chi connectivity index (χ1v) is 10.6. The van der Waals surface area contributed by atoms with Crippen LogP contribution in [0.3, 0.4) is 0 Å². The average molecular weight is 473 g/mol. The molecule has 0 saturated carbocycles. The highest BCUT2D eigenvalue weighted by Gasteiger charge is 2.30. The maximum atomic E-state index is 13.1. The summed E-state index contributed by atoms with van der Waals surface area (Å²) in [6.45, 7) is 1.39. The molecule has 0 aliphatic heterocycles. The van der Waals surface area contributed by atoms with Crippen LogP contribution >= 0.6 is 0 Å². The lowest BCUT2D eigenvalue weighted by molar-refractivity contribution is -0.137. The van der Waals surface area contributed by atoms with Gasteiger partial charge in [0, 0.05) is 12.6 Å². The summed E-state index contributed by atoms with van der Waals surface area (Å²) in [7, 11) is 1.58. The van der Waals surface area contributed by atoms with Gasteiger partial charge in [0.1, 0.15) is 29.7 Å². The van der Waals surface area contributed by atoms with Crippen molar-refractivity contribution in [1.82, 2.24) is 14.9 Å². The molecule has 0 amide bonds. The number of hydrogen-bond donors (Lipinski definition) is 1. The Kier molecular flexibility index (Phi) is 7.02. The molecule has 0 aliphatic rings. The highest BCUT2D eigenvalue weighted by Crippen LogP contribution is 2.29. The molecule has 178 valence electrons. The molecular weight excluding hydrogens is 450 g/mol. The number of methoxy groups -OCH3 is 1. The number of aromatic nitrogens is 2. The molecule has 0 spiro atoms. The van der Waals surface area contributed by atoms with Crippen molar-refractivity contribution in [3.63, 3.8) is 0 Å². The van der Waals surface area contributed by atoms with Crippen LogP contribution in [0.2, 0.25) is 0 Å². The van der Waals surface area contributed by atoms with Gasteiger partial charge in [0.2, 0.25) is 0 Å². The van der Waals surface area contributed by atoms with Crippen LogP contribution in [-0.4, -0.2) is 23.3 Å². The van der Waals surface area contributed by atoms with Crippen LogP contribution in [0.1, 0.15) is 17.0 Å². The first-order chi connectivity index (χ1) is 16.3. The number of halogens is 4. The minimum absolute atomic E-state index is 0.253. The normalized spacial score (nSPS) is 11.7. The van der Waals surface area contributed by atoms with Crippen molar-refractivity contribution in [2.45, 2.75) is 25.8 Å². The zero-order chi connectivity index (χ0) is 24.1. The van der Waals surface area contributed by atoms with Gasteiger partial charge >= 0.3 is 6.18 Å². The lowest BCUT2D eigenvalue weighted by Gasteiger charge is -2.12. The van der Waals surface area contributed by atoms with Gasteiger partial charge in [0.25, 0.3) is 0 Å². The second kappa shape index (κ2) is 10.1. The first-order valence-electron chi connectivity index (χ1n) is 10.6. The van der Waals surface area contributed by atoms with E-state index < -0.39 is 11.7 Å². The fourth-order valence-corrected chi connectivity index (χ4v) is 3.63. The van der Waals surface area contributed by atoms with Gasteiger partial charge in [-0.1, -0.05) is 18.2 Å². The predicted octanol–water partition coefficient (Wildman–Crippen LogP) is 5.57. The molecule has 1 heterocycles. The Hall–Kier alpha value is -3.59. The van der Waals surface area contributed by atoms with E-state index in [4.69, 9.17) is 9.47 Å². The average Bonchev–Trinajstić information content (AvgIpc) is 3.16. The molecule has 1 aromatic heterocycles. The molecule has 0 unspecified atom stereocenters. The van der Waals surface area contributed by atoms with Gasteiger partial charge < -0.3 is 19.4 Å². The number of benzene rings is 3. The number of rotatable bonds is 9. The van der Waals surface area contributed by atoms with Crippen LogP contribution in [0.15, 0.2) is 66.7 Å². The maximum absolute atomic E-state index is 13.1. The zero-order valence-corrected chi connectivity index (χ0v) is 18.4. The van der Waals surface area contributed by atoms with Crippen LogP contribution in [0.5, 0.6) is 11.5 Å². The number of hydrogen-bond acceptors (Lipinski definition) is 4. The number of ether oxygens (including phenoxy) is 2. The number of fused-ring (bicyclic) bond motifs is 1. The van der Waals surface area contributed by atoms with Crippen LogP contribution in [0.25, 0.3) is 11.0 Å². The Morgan fingerprint density at radius 3 is 2.44 bits per heavy atom. The third kappa shape index (κ3) is 5.66. The highest BCUT2D eigenvalue weighted by molar-refractivity contribution is 5.77. The molecule has 9 heteroatoms. The van der Waals surface area contributed by atoms with Gasteiger partial charge in [0.05, 0.1) is 36.8 Å². The fraction of sp³-hybridized carbons (Fsp3) is 0.240. The summed E-state index contributed by atoms with van der Waals surface area (Å²) >= 11 is 0. The van der Waals surface area contributed by atoms with Gasteiger partial charge in [-0.25, -0.2) is 9.37 Å². The van der Waals surface area contributed by atoms with E-state index in [0.29, 0.717) is 42.6 Å². The Labute approximate surface area is 193 Å². The fourth-order valence-electron chi connectivity index (χ4n) is 3.63. The zero-order valence-electron chi connectivity index (χ0n) is 18.4. The maximum Gasteiger partial charge on any atom is 0.416 e. The quantitative estimate of drug-likeness (QED) is 0.323. The monoisotopic (exact) mass is 473 g/mol. The molecule has 1 N–H and O–H groups in total. The van der Waals surface area contributed by atoms with E-state index in [2.05, 4.69) is 10.3 Å². The van der Waals surface area contributed by atoms with Crippen molar-refractivity contribution in [3.8, 4) is 11.5 Å². The number of imidazole rings is 1. The minimum atomic E-state index is -4.38. The molecule has 0 saturated heterocycles. The van der Waals surface area contributed by atoms with Crippen LogP contribution in [0, 0.1) is 5.82 Å². The highest BCUT2D eigenvalue weighted by atomic mass is 19.4. The second-order valence-corrected chi connectivity index (χ2v) is 7.64. The lowest BCUT2D eigenvalue weighted by Crippen LogP contribution is -2.19. The third-order valence-electron chi connectivity index (χ3n) is 5.30. The summed E-state index contributed by atoms with van der Waals surface area (Å²) in [6.07, 6.45) is -4.38. The summed E-state index contributed by atoms with van der Waals surface area (Å²) in [4.78, 5) is 4.68. The van der Waals surface area contributed by atoms with Crippen LogP contribution in [-0.2, 0) is 25.8 Å². The van der Waals surface area contributed by atoms with E-state index >= 15 is 0 Å². The van der Waals surface area contributed by atoms with E-state index in [0.717, 1.165) is 23.2 Å². The number of nitrogens with one attached hydrogen (secondary N) is 1. The van der Waals surface area contributed by atoms with Crippen LogP contribution < -0.4 is 14.8 Å². The standard InChI is InChI=1S/C25H23F4N3O2/c1-33-21-9-10-23-22(14-21)31-24(32(23)11-12-34-20-7-5-19(26)6-8-20)16-30-15-17-3-2-4-18(13-17)25(27,28)29/h2-10,13-14,30H,11-12,15-16H2,1H3. The summed E-state index contributed by atoms with van der Waals surface area (Å²) < 4.78 is 65.0. The second-order valence-electron chi connectivity index (χ2n) is 7.64. The smallest absolute Gasteiger partial charge is 0.416 e. The van der Waals surface area contributed by atoms with E-state index in [1.165, 1.54) is 18.2 Å². The third-order valence-corrected chi connectivity index (χ3v) is 5.30. The first kappa shape index (κ1) is 23.6. The molecule has 4 aromatic rings. The lowest BCUT2D eigenvalue weighted by atomic mass is 10.1. The van der Waals surface area contributed by atoms with Crippen molar-refractivity contribution in [1.29, 1.82) is 0 Å². The number of alkyl halides is 3. The Balaban J connectivity index is 1.48. The van der Waals surface area contributed by atoms with Gasteiger partial charge in [0.15, 0.2) is 0 Å². The van der Waals surface area contributed by atoms with Crippen molar-refractivity contribution in [3.05, 3.63) is 89.5 Å². The number of nitrogens with zero attached hydrogens (tertiary/aromatic N) is 2. The van der Waals surface area contributed by atoms with E-state index in [1.54, 1.807) is 25.3 Å². The van der Waals surface area contributed by atoms with Crippen molar-refractivity contribution in [2.24, 2.45) is 0 Å². The summed E-state index contributed by atoms with van der Waals surface area (Å²) in [5.41, 5.74) is 1.46. The molecule has 0 bridgehead atoms.